The fraction of sp³-hybridized carbons (Fsp3) is 0.167. The molecular weight excluding hydrogens is 1440 g/mol. The van der Waals surface area contributed by atoms with E-state index in [0.717, 1.165) is 50.4 Å². The van der Waals surface area contributed by atoms with Crippen molar-refractivity contribution in [2.75, 3.05) is 13.2 Å². The second-order valence-corrected chi connectivity index (χ2v) is 26.0. The van der Waals surface area contributed by atoms with E-state index in [0.29, 0.717) is 0 Å². The summed E-state index contributed by atoms with van der Waals surface area (Å²) in [4.78, 5) is 7.98. The predicted molar refractivity (Wildman–Crippen MR) is 341 cm³/mol. The smallest absolute Gasteiger partial charge is 0.494 e. The highest BCUT2D eigenvalue weighted by atomic mass is 32.2. The molecule has 0 aromatic heterocycles. The van der Waals surface area contributed by atoms with Crippen LogP contribution in [-0.2, 0) is 45.1 Å². The van der Waals surface area contributed by atoms with E-state index in [1.807, 2.05) is 0 Å². The van der Waals surface area contributed by atoms with Gasteiger partial charge in [0.1, 0.15) is 11.5 Å². The second kappa shape index (κ2) is 34.3. The number of hydrogen-bond donors (Lipinski definition) is 0. The lowest BCUT2D eigenvalue weighted by atomic mass is 9.08. The van der Waals surface area contributed by atoms with Gasteiger partial charge in [-0.1, -0.05) is 124 Å². The Morgan fingerprint density at radius 2 is 0.471 bits per heavy atom. The van der Waals surface area contributed by atoms with E-state index in [1.165, 1.54) is 29.4 Å². The first-order chi connectivity index (χ1) is 48.1. The van der Waals surface area contributed by atoms with Gasteiger partial charge in [0.05, 0.1) is 35.0 Å². The van der Waals surface area contributed by atoms with Gasteiger partial charge < -0.3 is 26.7 Å². The fourth-order valence-electron chi connectivity index (χ4n) is 10.5. The molecule has 0 heterocycles. The molecule has 0 saturated carbocycles. The van der Waals surface area contributed by atoms with Crippen molar-refractivity contribution in [1.29, 1.82) is 0 Å². The van der Waals surface area contributed by atoms with Gasteiger partial charge in [-0.3, -0.25) is 0 Å². The van der Waals surface area contributed by atoms with Crippen LogP contribution in [0.2, 0.25) is 0 Å². The molecule has 0 amide bonds. The third kappa shape index (κ3) is 17.5. The van der Waals surface area contributed by atoms with E-state index >= 15 is 35.1 Å². The zero-order valence-electron chi connectivity index (χ0n) is 52.9. The van der Waals surface area contributed by atoms with Gasteiger partial charge in [0.15, 0.2) is 122 Å². The SMILES string of the molecule is CCCCOc1ccc([S+](c2ccccc2)c2ccccc2)cc1.CCCCOc1ccc([S+](c2ccccc2)c2ccccc2)cc1.F[B-](F)(F)F.Fc1ccc(C(F)(F)[B-](C(F)(F)c2ccc(F)c(F)c2F)(C(F)(F)c2ccc(F)c(F)c2F)C(F)(F)c2ccc(F)c(F)c2F)c(F)c1F. The van der Waals surface area contributed by atoms with Gasteiger partial charge in [-0.15, -0.1) is 0 Å². The molecule has 0 radical (unpaired) electrons. The van der Waals surface area contributed by atoms with Crippen LogP contribution in [0.4, 0.5) is 105 Å². The summed E-state index contributed by atoms with van der Waals surface area (Å²) in [7, 11) is -6.17. The standard InChI is InChI=1S/C28H8BF20.2C22H23OS.BF4/c30-13-5-1-9(17(34)21(13)38)25(42,43)29(26(44,45)10-2-6-14(31)22(39)18(10)35,27(46,47)11-3-7-15(32)23(40)19(11)36)28(48,49)12-4-8-16(33)24(41)20(12)37;2*1-2-3-18-23-19-14-16-22(17-15-19)24(20-10-6-4-7-11-20)21-12-8-5-9-13-21;2-1(3,4)5/h1-8H;2*4-17H,2-3,18H2,1H3;/q-1;2*+1;-1. The number of alkyl halides is 8. The largest absolute Gasteiger partial charge is 0.673 e. The number of ether oxygens (including phenoxy) is 2. The summed E-state index contributed by atoms with van der Waals surface area (Å²) in [6, 6.07) is 53.6. The van der Waals surface area contributed by atoms with E-state index in [-0.39, 0.29) is 21.8 Å². The van der Waals surface area contributed by atoms with E-state index in [4.69, 9.17) is 9.47 Å². The summed E-state index contributed by atoms with van der Waals surface area (Å²) in [6.45, 7) is 5.94. The topological polar surface area (TPSA) is 18.5 Å². The third-order valence-corrected chi connectivity index (χ3v) is 19.8. The lowest BCUT2D eigenvalue weighted by molar-refractivity contribution is -0.0917. The zero-order valence-corrected chi connectivity index (χ0v) is 54.5. The summed E-state index contributed by atoms with van der Waals surface area (Å²) in [6.07, 6.45) is -4.49. The summed E-state index contributed by atoms with van der Waals surface area (Å²) < 4.78 is 355. The van der Waals surface area contributed by atoms with Crippen LogP contribution in [0.1, 0.15) is 61.8 Å². The molecule has 0 fully saturated rings. The van der Waals surface area contributed by atoms with Gasteiger partial charge in [0.2, 0.25) is 0 Å². The maximum absolute atomic E-state index is 16.7. The summed E-state index contributed by atoms with van der Waals surface area (Å²) in [5.41, 5.74) is -13.8. The average Bonchev–Trinajstić information content (AvgIpc) is 0.660. The van der Waals surface area contributed by atoms with Crippen molar-refractivity contribution in [2.24, 2.45) is 0 Å². The Morgan fingerprint density at radius 3 is 0.667 bits per heavy atom. The first kappa shape index (κ1) is 80.3. The Balaban J connectivity index is 0.000000228. The van der Waals surface area contributed by atoms with Crippen molar-refractivity contribution in [2.45, 2.75) is 92.2 Å². The minimum atomic E-state index is -9.00. The zero-order chi connectivity index (χ0) is 75.1. The van der Waals surface area contributed by atoms with Crippen LogP contribution < -0.4 is 9.47 Å². The molecule has 0 aliphatic carbocycles. The summed E-state index contributed by atoms with van der Waals surface area (Å²) in [5, 5.41) is 0. The molecule has 102 heavy (non-hydrogen) atoms. The minimum Gasteiger partial charge on any atom is -0.494 e. The van der Waals surface area contributed by atoms with Crippen molar-refractivity contribution >= 4 is 35.2 Å². The first-order valence-corrected chi connectivity index (χ1v) is 32.8. The molecule has 10 rings (SSSR count). The monoisotopic (exact) mass is 1490 g/mol. The fourth-order valence-corrected chi connectivity index (χ4v) is 14.7. The van der Waals surface area contributed by atoms with Crippen molar-refractivity contribution < 1.29 is 115 Å². The van der Waals surface area contributed by atoms with Gasteiger partial charge in [-0.05, 0) is 134 Å². The maximum Gasteiger partial charge on any atom is 0.673 e. The van der Waals surface area contributed by atoms with Crippen LogP contribution in [0.5, 0.6) is 11.5 Å². The van der Waals surface area contributed by atoms with Gasteiger partial charge in [0.25, 0.3) is 0 Å². The Morgan fingerprint density at radius 1 is 0.275 bits per heavy atom. The highest BCUT2D eigenvalue weighted by Crippen LogP contribution is 2.68. The quantitative estimate of drug-likeness (QED) is 0.0221. The van der Waals surface area contributed by atoms with Crippen LogP contribution >= 0.6 is 0 Å². The van der Waals surface area contributed by atoms with E-state index < -0.39 is 177 Å². The van der Waals surface area contributed by atoms with E-state index in [2.05, 4.69) is 184 Å². The average molecular weight is 1490 g/mol. The molecule has 0 aliphatic rings. The molecule has 0 N–H and O–H groups in total. The van der Waals surface area contributed by atoms with Crippen LogP contribution in [-0.4, -0.2) is 26.6 Å². The number of rotatable bonds is 22. The Kier molecular flexibility index (Phi) is 27.0. The van der Waals surface area contributed by atoms with Crippen LogP contribution in [0.25, 0.3) is 0 Å². The Bertz CT molecular complexity index is 3870. The molecule has 10 aromatic rings. The Labute approximate surface area is 574 Å². The van der Waals surface area contributed by atoms with Crippen molar-refractivity contribution in [3.05, 3.63) is 310 Å². The molecule has 0 spiro atoms. The predicted octanol–water partition coefficient (Wildman–Crippen LogP) is 23.7. The molecule has 10 aromatic carbocycles. The summed E-state index contributed by atoms with van der Waals surface area (Å²) >= 11 is 0. The van der Waals surface area contributed by atoms with Gasteiger partial charge >= 0.3 is 13.4 Å². The molecule has 0 saturated heterocycles. The van der Waals surface area contributed by atoms with Crippen molar-refractivity contribution in [1.82, 2.24) is 0 Å². The van der Waals surface area contributed by atoms with Crippen molar-refractivity contribution in [3.8, 4) is 11.5 Å². The summed E-state index contributed by atoms with van der Waals surface area (Å²) in [5.74, 6) is -64.8. The van der Waals surface area contributed by atoms with Crippen LogP contribution in [0, 0.1) is 69.8 Å². The second-order valence-electron chi connectivity index (χ2n) is 22.0. The normalized spacial score (nSPS) is 12.0. The van der Waals surface area contributed by atoms with Crippen LogP contribution in [0.3, 0.4) is 0 Å². The number of unbranched alkanes of at least 4 members (excludes halogenated alkanes) is 2. The molecular formula is C72H54B2F24O2S2. The highest BCUT2D eigenvalue weighted by Gasteiger charge is 2.86. The van der Waals surface area contributed by atoms with E-state index in [1.54, 1.807) is 0 Å². The van der Waals surface area contributed by atoms with Crippen LogP contribution in [0.15, 0.2) is 248 Å². The van der Waals surface area contributed by atoms with Crippen molar-refractivity contribution in [3.63, 3.8) is 0 Å². The minimum absolute atomic E-state index is 0.0858. The third-order valence-electron chi connectivity index (χ3n) is 15.3. The number of benzene rings is 10. The number of hydrogen-bond acceptors (Lipinski definition) is 2. The molecule has 540 valence electrons. The lowest BCUT2D eigenvalue weighted by Gasteiger charge is -2.58. The lowest BCUT2D eigenvalue weighted by Crippen LogP contribution is -2.79. The molecule has 2 nitrogen and oxygen atoms in total. The molecule has 0 atom stereocenters. The highest BCUT2D eigenvalue weighted by molar-refractivity contribution is 7.97. The number of halogens is 24. The maximum atomic E-state index is 16.7. The Hall–Kier alpha value is -9.05. The molecule has 30 heteroatoms. The van der Waals surface area contributed by atoms with Gasteiger partial charge in [-0.2, -0.15) is 0 Å². The van der Waals surface area contributed by atoms with E-state index in [9.17, 15) is 69.9 Å². The molecule has 0 bridgehead atoms. The first-order valence-electron chi connectivity index (χ1n) is 30.4. The van der Waals surface area contributed by atoms with Gasteiger partial charge in [-0.25, -0.2) is 87.8 Å². The van der Waals surface area contributed by atoms with Gasteiger partial charge in [0, 0.05) is 22.3 Å². The molecule has 0 aliphatic heterocycles. The molecule has 0 unspecified atom stereocenters.